The van der Waals surface area contributed by atoms with Crippen molar-refractivity contribution in [3.05, 3.63) is 88.8 Å². The maximum atomic E-state index is 13.0. The van der Waals surface area contributed by atoms with E-state index in [1.54, 1.807) is 6.92 Å². The molecular weight excluding hydrogens is 558 g/mol. The van der Waals surface area contributed by atoms with Crippen molar-refractivity contribution in [1.29, 1.82) is 0 Å². The molecule has 1 aliphatic heterocycles. The third kappa shape index (κ3) is 7.42. The van der Waals surface area contributed by atoms with E-state index in [-0.39, 0.29) is 17.9 Å². The van der Waals surface area contributed by atoms with E-state index in [1.807, 2.05) is 60.7 Å². The summed E-state index contributed by atoms with van der Waals surface area (Å²) in [4.78, 5) is 35.8. The van der Waals surface area contributed by atoms with Gasteiger partial charge in [0.15, 0.2) is 10.7 Å². The molecular formula is C34H39N5O3S. The molecule has 1 aliphatic rings. The average Bonchev–Trinajstić information content (AvgIpc) is 3.42. The third-order valence-electron chi connectivity index (χ3n) is 7.47. The van der Waals surface area contributed by atoms with Crippen molar-refractivity contribution in [3.8, 4) is 10.6 Å². The summed E-state index contributed by atoms with van der Waals surface area (Å²) in [7, 11) is 2.15. The van der Waals surface area contributed by atoms with E-state index in [1.165, 1.54) is 22.6 Å². The summed E-state index contributed by atoms with van der Waals surface area (Å²) < 4.78 is 5.34. The lowest BCUT2D eigenvalue weighted by Crippen LogP contribution is -2.44. The zero-order valence-electron chi connectivity index (χ0n) is 25.4. The second-order valence-corrected chi connectivity index (χ2v) is 12.7. The van der Waals surface area contributed by atoms with Crippen molar-refractivity contribution in [3.63, 3.8) is 0 Å². The first-order valence-corrected chi connectivity index (χ1v) is 15.4. The number of hydrogen-bond acceptors (Lipinski definition) is 8. The lowest BCUT2D eigenvalue weighted by molar-refractivity contribution is 0.0533. The Hall–Kier alpha value is -4.21. The van der Waals surface area contributed by atoms with Crippen LogP contribution in [0, 0.1) is 0 Å². The summed E-state index contributed by atoms with van der Waals surface area (Å²) >= 11 is 1.26. The Balaban J connectivity index is 1.34. The van der Waals surface area contributed by atoms with Crippen molar-refractivity contribution in [2.45, 2.75) is 33.1 Å². The van der Waals surface area contributed by atoms with Gasteiger partial charge < -0.3 is 25.2 Å². The maximum Gasteiger partial charge on any atom is 0.352 e. The van der Waals surface area contributed by atoms with E-state index in [2.05, 4.69) is 60.4 Å². The summed E-state index contributed by atoms with van der Waals surface area (Å²) in [5, 5.41) is 6.96. The van der Waals surface area contributed by atoms with Crippen LogP contribution >= 0.6 is 11.3 Å². The number of esters is 1. The van der Waals surface area contributed by atoms with E-state index >= 15 is 0 Å². The molecule has 1 amide bonds. The fraction of sp³-hybridized carbons (Fsp3) is 0.324. The van der Waals surface area contributed by atoms with Crippen LogP contribution in [0.1, 0.15) is 53.3 Å². The highest BCUT2D eigenvalue weighted by Crippen LogP contribution is 2.35. The number of benzene rings is 3. The predicted molar refractivity (Wildman–Crippen MR) is 176 cm³/mol. The molecule has 4 aromatic rings. The summed E-state index contributed by atoms with van der Waals surface area (Å²) in [6, 6.07) is 23.4. The molecule has 1 saturated heterocycles. The van der Waals surface area contributed by atoms with E-state index < -0.39 is 5.97 Å². The van der Waals surface area contributed by atoms with Crippen LogP contribution in [-0.4, -0.2) is 61.6 Å². The zero-order valence-corrected chi connectivity index (χ0v) is 26.3. The molecule has 0 spiro atoms. The molecule has 0 radical (unpaired) electrons. The van der Waals surface area contributed by atoms with Crippen LogP contribution in [-0.2, 0) is 10.2 Å². The van der Waals surface area contributed by atoms with Crippen LogP contribution in [0.15, 0.2) is 72.8 Å². The average molecular weight is 598 g/mol. The Morgan fingerprint density at radius 1 is 0.930 bits per heavy atom. The number of ether oxygens (including phenoxy) is 1. The van der Waals surface area contributed by atoms with Gasteiger partial charge in [-0.25, -0.2) is 9.78 Å². The molecule has 1 fully saturated rings. The van der Waals surface area contributed by atoms with Gasteiger partial charge in [0.2, 0.25) is 0 Å². The minimum absolute atomic E-state index is 0.0151. The fourth-order valence-corrected chi connectivity index (χ4v) is 5.79. The van der Waals surface area contributed by atoms with Crippen molar-refractivity contribution in [2.75, 3.05) is 55.4 Å². The number of aromatic nitrogens is 1. The number of carbonyl (C=O) groups excluding carboxylic acids is 2. The Morgan fingerprint density at radius 3 is 2.28 bits per heavy atom. The number of nitrogens with zero attached hydrogens (tertiary/aromatic N) is 3. The van der Waals surface area contributed by atoms with Gasteiger partial charge in [-0.1, -0.05) is 45.0 Å². The standard InChI is InChI=1S/C34H39N5O3S/c1-6-42-33(41)29-30(35-26-14-16-28(17-15-26)39-20-18-38(5)19-21-39)37-32(43-29)24-8-7-9-27(22-24)36-31(40)23-10-12-25(13-11-23)34(2,3)4/h7-17,22,35H,6,18-21H2,1-5H3,(H,36,40). The van der Waals surface area contributed by atoms with Crippen LogP contribution < -0.4 is 15.5 Å². The minimum Gasteiger partial charge on any atom is -0.462 e. The largest absolute Gasteiger partial charge is 0.462 e. The topological polar surface area (TPSA) is 86.8 Å². The van der Waals surface area contributed by atoms with Crippen LogP contribution in [0.2, 0.25) is 0 Å². The molecule has 9 heteroatoms. The molecule has 0 atom stereocenters. The van der Waals surface area contributed by atoms with Crippen molar-refractivity contribution >= 4 is 46.1 Å². The molecule has 224 valence electrons. The number of thiazole rings is 1. The van der Waals surface area contributed by atoms with Gasteiger partial charge in [0.1, 0.15) is 5.01 Å². The number of amides is 1. The Morgan fingerprint density at radius 2 is 1.63 bits per heavy atom. The van der Waals surface area contributed by atoms with E-state index in [9.17, 15) is 9.59 Å². The monoisotopic (exact) mass is 597 g/mol. The van der Waals surface area contributed by atoms with Crippen LogP contribution in [0.4, 0.5) is 22.9 Å². The quantitative estimate of drug-likeness (QED) is 0.211. The lowest BCUT2D eigenvalue weighted by Gasteiger charge is -2.34. The third-order valence-corrected chi connectivity index (χ3v) is 8.55. The van der Waals surface area contributed by atoms with E-state index in [4.69, 9.17) is 9.72 Å². The van der Waals surface area contributed by atoms with Gasteiger partial charge in [-0.05, 0) is 73.5 Å². The van der Waals surface area contributed by atoms with Crippen LogP contribution in [0.5, 0.6) is 0 Å². The van der Waals surface area contributed by atoms with Crippen LogP contribution in [0.3, 0.4) is 0 Å². The maximum absolute atomic E-state index is 13.0. The van der Waals surface area contributed by atoms with E-state index in [0.717, 1.165) is 37.4 Å². The highest BCUT2D eigenvalue weighted by atomic mass is 32.1. The first-order chi connectivity index (χ1) is 20.6. The molecule has 2 heterocycles. The minimum atomic E-state index is -0.425. The molecule has 0 unspecified atom stereocenters. The second kappa shape index (κ2) is 13.0. The fourth-order valence-electron chi connectivity index (χ4n) is 4.88. The molecule has 0 bridgehead atoms. The molecule has 0 aliphatic carbocycles. The molecule has 1 aromatic heterocycles. The Kier molecular flexibility index (Phi) is 9.13. The molecule has 0 saturated carbocycles. The number of anilines is 4. The van der Waals surface area contributed by atoms with Crippen molar-refractivity contribution in [2.24, 2.45) is 0 Å². The lowest BCUT2D eigenvalue weighted by atomic mass is 9.87. The first kappa shape index (κ1) is 30.3. The number of nitrogens with one attached hydrogen (secondary N) is 2. The number of likely N-dealkylation sites (N-methyl/N-ethyl adjacent to an activating group) is 1. The van der Waals surface area contributed by atoms with Gasteiger partial charge in [0.05, 0.1) is 6.61 Å². The van der Waals surface area contributed by atoms with Gasteiger partial charge in [0, 0.05) is 54.4 Å². The van der Waals surface area contributed by atoms with Gasteiger partial charge in [-0.2, -0.15) is 0 Å². The van der Waals surface area contributed by atoms with Gasteiger partial charge >= 0.3 is 5.97 Å². The van der Waals surface area contributed by atoms with Crippen LogP contribution in [0.25, 0.3) is 10.6 Å². The summed E-state index contributed by atoms with van der Waals surface area (Å²) in [6.07, 6.45) is 0. The van der Waals surface area contributed by atoms with Gasteiger partial charge in [-0.3, -0.25) is 4.79 Å². The van der Waals surface area contributed by atoms with Crippen molar-refractivity contribution in [1.82, 2.24) is 9.88 Å². The van der Waals surface area contributed by atoms with E-state index in [0.29, 0.717) is 27.0 Å². The van der Waals surface area contributed by atoms with Crippen molar-refractivity contribution < 1.29 is 14.3 Å². The zero-order chi connectivity index (χ0) is 30.6. The molecule has 3 aromatic carbocycles. The molecule has 5 rings (SSSR count). The second-order valence-electron chi connectivity index (χ2n) is 11.7. The number of piperazine rings is 1. The molecule has 43 heavy (non-hydrogen) atoms. The smallest absolute Gasteiger partial charge is 0.352 e. The number of carbonyl (C=O) groups is 2. The first-order valence-electron chi connectivity index (χ1n) is 14.6. The Labute approximate surface area is 257 Å². The van der Waals surface area contributed by atoms with Gasteiger partial charge in [0.25, 0.3) is 5.91 Å². The highest BCUT2D eigenvalue weighted by molar-refractivity contribution is 7.17. The molecule has 8 nitrogen and oxygen atoms in total. The number of hydrogen-bond donors (Lipinski definition) is 2. The Bertz CT molecular complexity index is 1570. The predicted octanol–water partition coefficient (Wildman–Crippen LogP) is 7.03. The summed E-state index contributed by atoms with van der Waals surface area (Å²) in [6.45, 7) is 12.6. The SMILES string of the molecule is CCOC(=O)c1sc(-c2cccc(NC(=O)c3ccc(C(C)(C)C)cc3)c2)nc1Nc1ccc(N2CCN(C)CC2)cc1. The summed E-state index contributed by atoms with van der Waals surface area (Å²) in [5.74, 6) is -0.170. The highest BCUT2D eigenvalue weighted by Gasteiger charge is 2.22. The number of rotatable bonds is 8. The normalized spacial score (nSPS) is 13.9. The van der Waals surface area contributed by atoms with Gasteiger partial charge in [-0.15, -0.1) is 11.3 Å². The summed E-state index contributed by atoms with van der Waals surface area (Å²) in [5.41, 5.74) is 5.21. The molecule has 2 N–H and O–H groups in total.